The van der Waals surface area contributed by atoms with Gasteiger partial charge in [0.2, 0.25) is 5.91 Å². The number of rotatable bonds is 11. The highest BCUT2D eigenvalue weighted by Gasteiger charge is 2.16. The molecule has 10 heteroatoms. The Hall–Kier alpha value is -3.17. The molecule has 0 bridgehead atoms. The van der Waals surface area contributed by atoms with Crippen molar-refractivity contribution in [2.75, 3.05) is 25.3 Å². The van der Waals surface area contributed by atoms with E-state index >= 15 is 0 Å². The van der Waals surface area contributed by atoms with Crippen LogP contribution in [0.25, 0.3) is 0 Å². The number of halogens is 1. The van der Waals surface area contributed by atoms with E-state index in [0.717, 1.165) is 11.3 Å². The van der Waals surface area contributed by atoms with E-state index in [-0.39, 0.29) is 18.3 Å². The number of carbonyl (C=O) groups is 1. The Labute approximate surface area is 201 Å². The lowest BCUT2D eigenvalue weighted by Gasteiger charge is -2.12. The Balaban J connectivity index is 1.64. The Kier molecular flexibility index (Phi) is 8.62. The zero-order valence-corrected chi connectivity index (χ0v) is 20.2. The molecular formula is C23H25ClN4O4S. The SMILES string of the molecule is C=CCn1c(COc2ccc(Cl)cc2C)nnc1SCC(=O)Nc1ccc(OC)cc1OC. The molecule has 1 N–H and O–H groups in total. The highest BCUT2D eigenvalue weighted by atomic mass is 35.5. The van der Waals surface area contributed by atoms with E-state index in [1.165, 1.54) is 18.9 Å². The van der Waals surface area contributed by atoms with E-state index in [0.29, 0.717) is 39.7 Å². The third-order valence-corrected chi connectivity index (χ3v) is 5.82. The van der Waals surface area contributed by atoms with Crippen LogP contribution in [0.2, 0.25) is 5.02 Å². The summed E-state index contributed by atoms with van der Waals surface area (Å²) in [6.45, 7) is 6.43. The van der Waals surface area contributed by atoms with Crippen LogP contribution in [-0.4, -0.2) is 40.6 Å². The molecule has 0 aliphatic carbocycles. The fraction of sp³-hybridized carbons (Fsp3) is 0.261. The van der Waals surface area contributed by atoms with Crippen molar-refractivity contribution in [2.24, 2.45) is 0 Å². The smallest absolute Gasteiger partial charge is 0.234 e. The second-order valence-corrected chi connectivity index (χ2v) is 8.28. The summed E-state index contributed by atoms with van der Waals surface area (Å²) >= 11 is 7.28. The van der Waals surface area contributed by atoms with Gasteiger partial charge in [-0.2, -0.15) is 0 Å². The van der Waals surface area contributed by atoms with Gasteiger partial charge in [-0.05, 0) is 42.8 Å². The summed E-state index contributed by atoms with van der Waals surface area (Å²) in [5.41, 5.74) is 1.49. The maximum absolute atomic E-state index is 12.5. The molecule has 3 aromatic rings. The summed E-state index contributed by atoms with van der Waals surface area (Å²) in [4.78, 5) is 12.5. The van der Waals surface area contributed by atoms with Gasteiger partial charge in [-0.3, -0.25) is 9.36 Å². The Morgan fingerprint density at radius 3 is 2.70 bits per heavy atom. The van der Waals surface area contributed by atoms with Crippen LogP contribution in [0, 0.1) is 6.92 Å². The number of hydrogen-bond donors (Lipinski definition) is 1. The maximum atomic E-state index is 12.5. The highest BCUT2D eigenvalue weighted by Crippen LogP contribution is 2.29. The molecule has 0 atom stereocenters. The van der Waals surface area contributed by atoms with Gasteiger partial charge in [-0.1, -0.05) is 29.4 Å². The normalized spacial score (nSPS) is 10.5. The summed E-state index contributed by atoms with van der Waals surface area (Å²) in [5.74, 6) is 2.44. The number of aromatic nitrogens is 3. The number of thioether (sulfide) groups is 1. The number of anilines is 1. The van der Waals surface area contributed by atoms with Gasteiger partial charge in [-0.25, -0.2) is 0 Å². The van der Waals surface area contributed by atoms with Crippen LogP contribution in [0.4, 0.5) is 5.69 Å². The van der Waals surface area contributed by atoms with Crippen molar-refractivity contribution >= 4 is 35.0 Å². The van der Waals surface area contributed by atoms with Crippen molar-refractivity contribution < 1.29 is 19.0 Å². The van der Waals surface area contributed by atoms with E-state index in [4.69, 9.17) is 25.8 Å². The molecule has 0 saturated carbocycles. The minimum Gasteiger partial charge on any atom is -0.497 e. The number of carbonyl (C=O) groups excluding carboxylic acids is 1. The number of aryl methyl sites for hydroxylation is 1. The summed E-state index contributed by atoms with van der Waals surface area (Å²) in [6, 6.07) is 10.6. The first-order valence-corrected chi connectivity index (χ1v) is 11.4. The topological polar surface area (TPSA) is 87.5 Å². The molecule has 1 amide bonds. The first kappa shape index (κ1) is 24.5. The lowest BCUT2D eigenvalue weighted by atomic mass is 10.2. The Morgan fingerprint density at radius 1 is 1.18 bits per heavy atom. The molecule has 174 valence electrons. The number of amides is 1. The van der Waals surface area contributed by atoms with E-state index in [9.17, 15) is 4.79 Å². The Morgan fingerprint density at radius 2 is 2.00 bits per heavy atom. The molecule has 0 radical (unpaired) electrons. The molecule has 0 aliphatic heterocycles. The van der Waals surface area contributed by atoms with Crippen molar-refractivity contribution in [2.45, 2.75) is 25.2 Å². The predicted octanol–water partition coefficient (Wildman–Crippen LogP) is 4.75. The number of nitrogens with zero attached hydrogens (tertiary/aromatic N) is 3. The van der Waals surface area contributed by atoms with Crippen LogP contribution in [0.5, 0.6) is 17.2 Å². The highest BCUT2D eigenvalue weighted by molar-refractivity contribution is 7.99. The molecule has 2 aromatic carbocycles. The first-order valence-electron chi connectivity index (χ1n) is 10.0. The Bertz CT molecular complexity index is 1140. The minimum atomic E-state index is -0.203. The van der Waals surface area contributed by atoms with E-state index in [1.54, 1.807) is 37.5 Å². The van der Waals surface area contributed by atoms with Crippen molar-refractivity contribution in [3.63, 3.8) is 0 Å². The van der Waals surface area contributed by atoms with Gasteiger partial charge in [0.25, 0.3) is 0 Å². The van der Waals surface area contributed by atoms with Crippen LogP contribution >= 0.6 is 23.4 Å². The van der Waals surface area contributed by atoms with Crippen molar-refractivity contribution in [1.29, 1.82) is 0 Å². The van der Waals surface area contributed by atoms with Crippen LogP contribution in [-0.2, 0) is 17.9 Å². The molecule has 0 unspecified atom stereocenters. The second-order valence-electron chi connectivity index (χ2n) is 6.90. The van der Waals surface area contributed by atoms with E-state index in [1.807, 2.05) is 23.6 Å². The van der Waals surface area contributed by atoms with Crippen LogP contribution < -0.4 is 19.5 Å². The zero-order chi connectivity index (χ0) is 23.8. The number of hydrogen-bond acceptors (Lipinski definition) is 7. The molecule has 0 saturated heterocycles. The van der Waals surface area contributed by atoms with Gasteiger partial charge < -0.3 is 19.5 Å². The fourth-order valence-corrected chi connectivity index (χ4v) is 3.97. The summed E-state index contributed by atoms with van der Waals surface area (Å²) in [7, 11) is 3.10. The molecule has 33 heavy (non-hydrogen) atoms. The van der Waals surface area contributed by atoms with E-state index in [2.05, 4.69) is 22.1 Å². The predicted molar refractivity (Wildman–Crippen MR) is 130 cm³/mol. The molecule has 3 rings (SSSR count). The number of ether oxygens (including phenoxy) is 3. The third-order valence-electron chi connectivity index (χ3n) is 4.61. The van der Waals surface area contributed by atoms with Crippen molar-refractivity contribution in [3.05, 3.63) is 65.5 Å². The van der Waals surface area contributed by atoms with Crippen molar-refractivity contribution in [1.82, 2.24) is 14.8 Å². The molecule has 1 aromatic heterocycles. The quantitative estimate of drug-likeness (QED) is 0.307. The van der Waals surface area contributed by atoms with Crippen LogP contribution in [0.1, 0.15) is 11.4 Å². The molecule has 8 nitrogen and oxygen atoms in total. The number of methoxy groups -OCH3 is 2. The van der Waals surface area contributed by atoms with Crippen LogP contribution in [0.3, 0.4) is 0 Å². The van der Waals surface area contributed by atoms with Gasteiger partial charge in [0.05, 0.1) is 25.7 Å². The van der Waals surface area contributed by atoms with E-state index < -0.39 is 0 Å². The van der Waals surface area contributed by atoms with Crippen LogP contribution in [0.15, 0.2) is 54.2 Å². The lowest BCUT2D eigenvalue weighted by molar-refractivity contribution is -0.113. The average molecular weight is 489 g/mol. The summed E-state index contributed by atoms with van der Waals surface area (Å²) < 4.78 is 18.3. The van der Waals surface area contributed by atoms with Gasteiger partial charge in [-0.15, -0.1) is 16.8 Å². The van der Waals surface area contributed by atoms with Gasteiger partial charge in [0, 0.05) is 17.6 Å². The largest absolute Gasteiger partial charge is 0.497 e. The number of benzene rings is 2. The van der Waals surface area contributed by atoms with Gasteiger partial charge in [0.15, 0.2) is 11.0 Å². The molecule has 0 fully saturated rings. The zero-order valence-electron chi connectivity index (χ0n) is 18.6. The van der Waals surface area contributed by atoms with Crippen molar-refractivity contribution in [3.8, 4) is 17.2 Å². The molecular weight excluding hydrogens is 464 g/mol. The molecule has 1 heterocycles. The monoisotopic (exact) mass is 488 g/mol. The standard InChI is InChI=1S/C23H25ClN4O4S/c1-5-10-28-21(13-32-19-9-6-16(24)11-15(19)2)26-27-23(28)33-14-22(29)25-18-8-7-17(30-3)12-20(18)31-4/h5-9,11-12H,1,10,13-14H2,2-4H3,(H,25,29). The first-order chi connectivity index (χ1) is 15.9. The maximum Gasteiger partial charge on any atom is 0.234 e. The second kappa shape index (κ2) is 11.6. The number of allylic oxidation sites excluding steroid dienone is 1. The number of nitrogens with one attached hydrogen (secondary N) is 1. The summed E-state index contributed by atoms with van der Waals surface area (Å²) in [5, 5.41) is 12.6. The fourth-order valence-electron chi connectivity index (χ4n) is 2.98. The average Bonchev–Trinajstić information content (AvgIpc) is 3.19. The third kappa shape index (κ3) is 6.43. The molecule has 0 aliphatic rings. The van der Waals surface area contributed by atoms with Gasteiger partial charge in [0.1, 0.15) is 23.9 Å². The minimum absolute atomic E-state index is 0.140. The summed E-state index contributed by atoms with van der Waals surface area (Å²) in [6.07, 6.45) is 1.74. The molecule has 0 spiro atoms. The lowest BCUT2D eigenvalue weighted by Crippen LogP contribution is -2.15. The van der Waals surface area contributed by atoms with Gasteiger partial charge >= 0.3 is 0 Å².